The first-order chi connectivity index (χ1) is 13.3. The average molecular weight is 406 g/mol. The Labute approximate surface area is 161 Å². The van der Waals surface area contributed by atoms with E-state index in [0.29, 0.717) is 16.8 Å². The van der Waals surface area contributed by atoms with Crippen LogP contribution in [0, 0.1) is 0 Å². The lowest BCUT2D eigenvalue weighted by molar-refractivity contribution is -0.137. The molecule has 1 aromatic heterocycles. The van der Waals surface area contributed by atoms with Gasteiger partial charge in [-0.3, -0.25) is 10.1 Å². The number of esters is 1. The smallest absolute Gasteiger partial charge is 0.416 e. The summed E-state index contributed by atoms with van der Waals surface area (Å²) in [5, 5.41) is 4.43. The van der Waals surface area contributed by atoms with Crippen molar-refractivity contribution in [2.24, 2.45) is 0 Å². The number of amides is 1. The summed E-state index contributed by atoms with van der Waals surface area (Å²) in [4.78, 5) is 27.9. The molecule has 3 aromatic rings. The average Bonchev–Trinajstić information content (AvgIpc) is 3.15. The largest absolute Gasteiger partial charge is 0.465 e. The van der Waals surface area contributed by atoms with Crippen molar-refractivity contribution in [1.82, 2.24) is 4.98 Å². The number of carbonyl (C=O) groups is 2. The number of alkyl halides is 3. The van der Waals surface area contributed by atoms with E-state index in [0.717, 1.165) is 23.5 Å². The van der Waals surface area contributed by atoms with Crippen molar-refractivity contribution >= 4 is 28.3 Å². The van der Waals surface area contributed by atoms with Gasteiger partial charge in [-0.05, 0) is 30.3 Å². The fourth-order valence-corrected chi connectivity index (χ4v) is 3.08. The minimum Gasteiger partial charge on any atom is -0.465 e. The summed E-state index contributed by atoms with van der Waals surface area (Å²) in [7, 11) is 1.29. The molecule has 0 bridgehead atoms. The fourth-order valence-electron chi connectivity index (χ4n) is 2.36. The molecule has 0 spiro atoms. The van der Waals surface area contributed by atoms with Crippen LogP contribution in [0.5, 0.6) is 0 Å². The molecule has 0 saturated carbocycles. The molecule has 0 aliphatic rings. The molecule has 1 amide bonds. The monoisotopic (exact) mass is 406 g/mol. The molecule has 0 aliphatic heterocycles. The van der Waals surface area contributed by atoms with Crippen molar-refractivity contribution in [1.29, 1.82) is 0 Å². The van der Waals surface area contributed by atoms with Crippen molar-refractivity contribution in [3.63, 3.8) is 0 Å². The first-order valence-electron chi connectivity index (χ1n) is 7.91. The van der Waals surface area contributed by atoms with E-state index in [1.165, 1.54) is 19.2 Å². The zero-order valence-electron chi connectivity index (χ0n) is 14.4. The highest BCUT2D eigenvalue weighted by Crippen LogP contribution is 2.30. The maximum atomic E-state index is 12.8. The molecule has 1 N–H and O–H groups in total. The molecular weight excluding hydrogens is 393 g/mol. The van der Waals surface area contributed by atoms with Crippen molar-refractivity contribution in [2.45, 2.75) is 6.18 Å². The molecule has 2 aromatic carbocycles. The third-order valence-electron chi connectivity index (χ3n) is 3.78. The summed E-state index contributed by atoms with van der Waals surface area (Å²) in [6.45, 7) is 0. The van der Waals surface area contributed by atoms with Gasteiger partial charge in [0.05, 0.1) is 23.9 Å². The number of hydrogen-bond donors (Lipinski definition) is 1. The Balaban J connectivity index is 1.74. The highest BCUT2D eigenvalue weighted by Gasteiger charge is 2.30. The first-order valence-corrected chi connectivity index (χ1v) is 8.79. The minimum atomic E-state index is -4.53. The quantitative estimate of drug-likeness (QED) is 0.628. The number of benzene rings is 2. The lowest BCUT2D eigenvalue weighted by Gasteiger charge is -2.08. The number of methoxy groups -OCH3 is 1. The minimum absolute atomic E-state index is 0.117. The summed E-state index contributed by atoms with van der Waals surface area (Å²) < 4.78 is 43.0. The number of rotatable bonds is 4. The standard InChI is InChI=1S/C19H13F3N2O3S/c1-27-17(26)12-7-5-11(6-8-12)15-10-28-18(23-15)24-16(25)13-3-2-4-14(9-13)19(20,21)22/h2-10H,1H3,(H,23,24,25). The van der Waals surface area contributed by atoms with Crippen LogP contribution in [-0.2, 0) is 10.9 Å². The molecule has 144 valence electrons. The van der Waals surface area contributed by atoms with E-state index in [2.05, 4.69) is 15.0 Å². The molecule has 3 rings (SSSR count). The third kappa shape index (κ3) is 4.37. The Kier molecular flexibility index (Phi) is 5.46. The molecule has 1 heterocycles. The van der Waals surface area contributed by atoms with E-state index in [9.17, 15) is 22.8 Å². The van der Waals surface area contributed by atoms with E-state index >= 15 is 0 Å². The van der Waals surface area contributed by atoms with Crippen LogP contribution >= 0.6 is 11.3 Å². The van der Waals surface area contributed by atoms with Gasteiger partial charge in [0, 0.05) is 16.5 Å². The molecule has 0 atom stereocenters. The first kappa shape index (κ1) is 19.6. The molecule has 0 saturated heterocycles. The number of carbonyl (C=O) groups excluding carboxylic acids is 2. The highest BCUT2D eigenvalue weighted by atomic mass is 32.1. The van der Waals surface area contributed by atoms with E-state index in [-0.39, 0.29) is 10.7 Å². The van der Waals surface area contributed by atoms with Gasteiger partial charge in [-0.1, -0.05) is 18.2 Å². The van der Waals surface area contributed by atoms with E-state index in [1.54, 1.807) is 29.6 Å². The van der Waals surface area contributed by atoms with Gasteiger partial charge in [-0.2, -0.15) is 13.2 Å². The Bertz CT molecular complexity index is 1010. The van der Waals surface area contributed by atoms with Crippen LogP contribution in [0.3, 0.4) is 0 Å². The fraction of sp³-hybridized carbons (Fsp3) is 0.105. The van der Waals surface area contributed by atoms with Gasteiger partial charge in [0.25, 0.3) is 5.91 Å². The van der Waals surface area contributed by atoms with Gasteiger partial charge in [0.15, 0.2) is 5.13 Å². The number of thiazole rings is 1. The predicted molar refractivity (Wildman–Crippen MR) is 98.3 cm³/mol. The van der Waals surface area contributed by atoms with Gasteiger partial charge in [-0.15, -0.1) is 11.3 Å². The van der Waals surface area contributed by atoms with Crippen LogP contribution in [0.2, 0.25) is 0 Å². The second kappa shape index (κ2) is 7.81. The van der Waals surface area contributed by atoms with Gasteiger partial charge >= 0.3 is 12.1 Å². The molecule has 0 aliphatic carbocycles. The molecule has 0 unspecified atom stereocenters. The lowest BCUT2D eigenvalue weighted by Crippen LogP contribution is -2.13. The van der Waals surface area contributed by atoms with Crippen molar-refractivity contribution in [3.05, 3.63) is 70.6 Å². The molecule has 0 radical (unpaired) electrons. The van der Waals surface area contributed by atoms with Crippen molar-refractivity contribution in [3.8, 4) is 11.3 Å². The van der Waals surface area contributed by atoms with Gasteiger partial charge in [0.2, 0.25) is 0 Å². The summed E-state index contributed by atoms with van der Waals surface area (Å²) in [5.41, 5.74) is 0.642. The second-order valence-electron chi connectivity index (χ2n) is 5.64. The summed E-state index contributed by atoms with van der Waals surface area (Å²) in [6, 6.07) is 10.7. The number of hydrogen-bond acceptors (Lipinski definition) is 5. The van der Waals surface area contributed by atoms with Crippen LogP contribution in [-0.4, -0.2) is 24.0 Å². The number of nitrogens with zero attached hydrogens (tertiary/aromatic N) is 1. The topological polar surface area (TPSA) is 68.3 Å². The van der Waals surface area contributed by atoms with Gasteiger partial charge in [0.1, 0.15) is 0 Å². The number of aromatic nitrogens is 1. The third-order valence-corrected chi connectivity index (χ3v) is 4.54. The summed E-state index contributed by atoms with van der Waals surface area (Å²) >= 11 is 1.14. The number of halogens is 3. The maximum absolute atomic E-state index is 12.8. The van der Waals surface area contributed by atoms with E-state index < -0.39 is 23.6 Å². The van der Waals surface area contributed by atoms with E-state index in [1.807, 2.05) is 0 Å². The molecule has 5 nitrogen and oxygen atoms in total. The predicted octanol–water partition coefficient (Wildman–Crippen LogP) is 4.87. The molecule has 0 fully saturated rings. The van der Waals surface area contributed by atoms with Crippen molar-refractivity contribution in [2.75, 3.05) is 12.4 Å². The Hall–Kier alpha value is -3.20. The SMILES string of the molecule is COC(=O)c1ccc(-c2csc(NC(=O)c3cccc(C(F)(F)F)c3)n2)cc1. The second-order valence-corrected chi connectivity index (χ2v) is 6.50. The zero-order valence-corrected chi connectivity index (χ0v) is 15.2. The summed E-state index contributed by atoms with van der Waals surface area (Å²) in [5.74, 6) is -1.15. The van der Waals surface area contributed by atoms with Crippen LogP contribution in [0.4, 0.5) is 18.3 Å². The normalized spacial score (nSPS) is 11.1. The number of anilines is 1. The van der Waals surface area contributed by atoms with Crippen LogP contribution in [0.25, 0.3) is 11.3 Å². The Morgan fingerprint density at radius 3 is 2.43 bits per heavy atom. The Morgan fingerprint density at radius 2 is 1.79 bits per heavy atom. The maximum Gasteiger partial charge on any atom is 0.416 e. The molecule has 28 heavy (non-hydrogen) atoms. The number of ether oxygens (including phenoxy) is 1. The van der Waals surface area contributed by atoms with Crippen LogP contribution in [0.15, 0.2) is 53.9 Å². The van der Waals surface area contributed by atoms with E-state index in [4.69, 9.17) is 0 Å². The van der Waals surface area contributed by atoms with Crippen LogP contribution in [0.1, 0.15) is 26.3 Å². The molecule has 9 heteroatoms. The van der Waals surface area contributed by atoms with Gasteiger partial charge in [-0.25, -0.2) is 9.78 Å². The zero-order chi connectivity index (χ0) is 20.3. The van der Waals surface area contributed by atoms with Gasteiger partial charge < -0.3 is 4.74 Å². The highest BCUT2D eigenvalue weighted by molar-refractivity contribution is 7.14. The Morgan fingerprint density at radius 1 is 1.07 bits per heavy atom. The molecular formula is C19H13F3N2O3S. The lowest BCUT2D eigenvalue weighted by atomic mass is 10.1. The van der Waals surface area contributed by atoms with Crippen LogP contribution < -0.4 is 5.32 Å². The number of nitrogens with one attached hydrogen (secondary N) is 1. The summed E-state index contributed by atoms with van der Waals surface area (Å²) in [6.07, 6.45) is -4.53. The van der Waals surface area contributed by atoms with Crippen molar-refractivity contribution < 1.29 is 27.5 Å².